The molecular formula is C13H18O2S. The van der Waals surface area contributed by atoms with Crippen LogP contribution in [-0.4, -0.2) is 24.1 Å². The van der Waals surface area contributed by atoms with Gasteiger partial charge in [-0.15, -0.1) is 11.8 Å². The number of benzene rings is 1. The Hall–Kier alpha value is -0.960. The van der Waals surface area contributed by atoms with Gasteiger partial charge in [-0.1, -0.05) is 37.3 Å². The quantitative estimate of drug-likeness (QED) is 0.539. The van der Waals surface area contributed by atoms with Gasteiger partial charge in [-0.05, 0) is 24.2 Å². The van der Waals surface area contributed by atoms with Gasteiger partial charge in [0.1, 0.15) is 0 Å². The summed E-state index contributed by atoms with van der Waals surface area (Å²) in [5.41, 5.74) is 1.32. The summed E-state index contributed by atoms with van der Waals surface area (Å²) in [7, 11) is 0. The van der Waals surface area contributed by atoms with Crippen molar-refractivity contribution in [3.8, 4) is 0 Å². The normalized spacial score (nSPS) is 10.1. The summed E-state index contributed by atoms with van der Waals surface area (Å²) in [6.07, 6.45) is 1.90. The van der Waals surface area contributed by atoms with Crippen molar-refractivity contribution in [2.75, 3.05) is 18.1 Å². The number of ether oxygens (including phenoxy) is 1. The molecule has 0 heterocycles. The molecular weight excluding hydrogens is 220 g/mol. The fourth-order valence-electron chi connectivity index (χ4n) is 1.25. The summed E-state index contributed by atoms with van der Waals surface area (Å²) in [5.74, 6) is 1.33. The maximum absolute atomic E-state index is 11.2. The van der Waals surface area contributed by atoms with Gasteiger partial charge in [-0.2, -0.15) is 0 Å². The van der Waals surface area contributed by atoms with Gasteiger partial charge < -0.3 is 4.74 Å². The van der Waals surface area contributed by atoms with Crippen molar-refractivity contribution in [2.24, 2.45) is 0 Å². The number of esters is 1. The van der Waals surface area contributed by atoms with E-state index in [1.54, 1.807) is 11.8 Å². The smallest absolute Gasteiger partial charge is 0.315 e. The number of aryl methyl sites for hydroxylation is 1. The highest BCUT2D eigenvalue weighted by atomic mass is 32.2. The Balaban J connectivity index is 2.06. The Labute approximate surface area is 101 Å². The molecule has 16 heavy (non-hydrogen) atoms. The molecule has 3 heteroatoms. The Morgan fingerprint density at radius 2 is 2.06 bits per heavy atom. The first kappa shape index (κ1) is 13.1. The van der Waals surface area contributed by atoms with E-state index in [1.807, 2.05) is 25.1 Å². The molecule has 0 unspecified atom stereocenters. The van der Waals surface area contributed by atoms with Crippen molar-refractivity contribution >= 4 is 17.7 Å². The van der Waals surface area contributed by atoms with Gasteiger partial charge in [0.05, 0.1) is 12.4 Å². The number of hydrogen-bond acceptors (Lipinski definition) is 3. The van der Waals surface area contributed by atoms with Crippen LogP contribution in [0.25, 0.3) is 0 Å². The Bertz CT molecular complexity index is 298. The van der Waals surface area contributed by atoms with E-state index < -0.39 is 0 Å². The first-order chi connectivity index (χ1) is 7.83. The van der Waals surface area contributed by atoms with Gasteiger partial charge in [0.25, 0.3) is 0 Å². The van der Waals surface area contributed by atoms with E-state index in [0.29, 0.717) is 12.4 Å². The maximum Gasteiger partial charge on any atom is 0.315 e. The Morgan fingerprint density at radius 1 is 1.31 bits per heavy atom. The zero-order chi connectivity index (χ0) is 11.6. The number of thioether (sulfide) groups is 1. The summed E-state index contributed by atoms with van der Waals surface area (Å²) < 4.78 is 4.98. The highest BCUT2D eigenvalue weighted by molar-refractivity contribution is 7.99. The van der Waals surface area contributed by atoms with Crippen LogP contribution in [0.1, 0.15) is 18.9 Å². The standard InChI is InChI=1S/C13H18O2S/c1-2-9-15-13(14)11-16-10-8-12-6-4-3-5-7-12/h3-7H,2,8-11H2,1H3. The van der Waals surface area contributed by atoms with E-state index in [-0.39, 0.29) is 5.97 Å². The predicted molar refractivity (Wildman–Crippen MR) is 68.7 cm³/mol. The molecule has 0 aliphatic heterocycles. The van der Waals surface area contributed by atoms with E-state index >= 15 is 0 Å². The predicted octanol–water partition coefficient (Wildman–Crippen LogP) is 2.92. The molecule has 88 valence electrons. The third-order valence-corrected chi connectivity index (χ3v) is 3.00. The highest BCUT2D eigenvalue weighted by Crippen LogP contribution is 2.07. The van der Waals surface area contributed by atoms with E-state index in [9.17, 15) is 4.79 Å². The summed E-state index contributed by atoms with van der Waals surface area (Å²) >= 11 is 1.63. The van der Waals surface area contributed by atoms with Crippen LogP contribution in [0.2, 0.25) is 0 Å². The molecule has 0 bridgehead atoms. The lowest BCUT2D eigenvalue weighted by molar-refractivity contribution is -0.140. The van der Waals surface area contributed by atoms with Crippen LogP contribution in [0, 0.1) is 0 Å². The number of hydrogen-bond donors (Lipinski definition) is 0. The van der Waals surface area contributed by atoms with E-state index in [1.165, 1.54) is 5.56 Å². The number of rotatable bonds is 7. The molecule has 0 saturated carbocycles. The molecule has 0 amide bonds. The molecule has 0 saturated heterocycles. The molecule has 0 aliphatic carbocycles. The first-order valence-electron chi connectivity index (χ1n) is 5.60. The van der Waals surface area contributed by atoms with Gasteiger partial charge in [0.2, 0.25) is 0 Å². The summed E-state index contributed by atoms with van der Waals surface area (Å²) in [6, 6.07) is 10.3. The number of carbonyl (C=O) groups excluding carboxylic acids is 1. The molecule has 2 nitrogen and oxygen atoms in total. The minimum absolute atomic E-state index is 0.0973. The Kier molecular flexibility index (Phi) is 6.74. The fourth-order valence-corrected chi connectivity index (χ4v) is 2.02. The lowest BCUT2D eigenvalue weighted by atomic mass is 10.2. The largest absolute Gasteiger partial charge is 0.465 e. The van der Waals surface area contributed by atoms with Crippen LogP contribution in [0.4, 0.5) is 0 Å². The van der Waals surface area contributed by atoms with Gasteiger partial charge >= 0.3 is 5.97 Å². The van der Waals surface area contributed by atoms with Crippen molar-refractivity contribution in [3.63, 3.8) is 0 Å². The van der Waals surface area contributed by atoms with Crippen LogP contribution >= 0.6 is 11.8 Å². The van der Waals surface area contributed by atoms with Crippen molar-refractivity contribution in [1.82, 2.24) is 0 Å². The molecule has 0 aromatic heterocycles. The highest BCUT2D eigenvalue weighted by Gasteiger charge is 2.01. The van der Waals surface area contributed by atoms with Crippen LogP contribution in [0.3, 0.4) is 0 Å². The molecule has 0 atom stereocenters. The third kappa shape index (κ3) is 5.81. The lowest BCUT2D eigenvalue weighted by Crippen LogP contribution is -2.08. The summed E-state index contributed by atoms with van der Waals surface area (Å²) in [6.45, 7) is 2.54. The molecule has 1 rings (SSSR count). The van der Waals surface area contributed by atoms with Gasteiger partial charge in [0.15, 0.2) is 0 Å². The van der Waals surface area contributed by atoms with E-state index in [2.05, 4.69) is 12.1 Å². The van der Waals surface area contributed by atoms with Gasteiger partial charge in [0, 0.05) is 0 Å². The minimum Gasteiger partial charge on any atom is -0.465 e. The van der Waals surface area contributed by atoms with Crippen LogP contribution in [0.5, 0.6) is 0 Å². The summed E-state index contributed by atoms with van der Waals surface area (Å²) in [5, 5.41) is 0. The molecule has 0 aliphatic rings. The van der Waals surface area contributed by atoms with Gasteiger partial charge in [-0.25, -0.2) is 0 Å². The van der Waals surface area contributed by atoms with Crippen LogP contribution < -0.4 is 0 Å². The molecule has 0 radical (unpaired) electrons. The average Bonchev–Trinajstić information content (AvgIpc) is 2.33. The topological polar surface area (TPSA) is 26.3 Å². The monoisotopic (exact) mass is 238 g/mol. The van der Waals surface area contributed by atoms with Crippen LogP contribution in [-0.2, 0) is 16.0 Å². The van der Waals surface area contributed by atoms with Crippen molar-refractivity contribution in [2.45, 2.75) is 19.8 Å². The SMILES string of the molecule is CCCOC(=O)CSCCc1ccccc1. The van der Waals surface area contributed by atoms with E-state index in [4.69, 9.17) is 4.74 Å². The number of carbonyl (C=O) groups is 1. The second-order valence-electron chi connectivity index (χ2n) is 3.51. The second kappa shape index (κ2) is 8.22. The molecule has 0 spiro atoms. The lowest BCUT2D eigenvalue weighted by Gasteiger charge is -2.03. The van der Waals surface area contributed by atoms with Crippen LogP contribution in [0.15, 0.2) is 30.3 Å². The van der Waals surface area contributed by atoms with Crippen molar-refractivity contribution in [1.29, 1.82) is 0 Å². The molecule has 0 fully saturated rings. The van der Waals surface area contributed by atoms with Crippen molar-refractivity contribution in [3.05, 3.63) is 35.9 Å². The zero-order valence-electron chi connectivity index (χ0n) is 9.65. The van der Waals surface area contributed by atoms with Crippen molar-refractivity contribution < 1.29 is 9.53 Å². The first-order valence-corrected chi connectivity index (χ1v) is 6.75. The zero-order valence-corrected chi connectivity index (χ0v) is 10.5. The fraction of sp³-hybridized carbons (Fsp3) is 0.462. The molecule has 1 aromatic rings. The second-order valence-corrected chi connectivity index (χ2v) is 4.61. The third-order valence-electron chi connectivity index (χ3n) is 2.06. The van der Waals surface area contributed by atoms with Gasteiger partial charge in [-0.3, -0.25) is 4.79 Å². The summed E-state index contributed by atoms with van der Waals surface area (Å²) in [4.78, 5) is 11.2. The minimum atomic E-state index is -0.0973. The maximum atomic E-state index is 11.2. The van der Waals surface area contributed by atoms with E-state index in [0.717, 1.165) is 18.6 Å². The Morgan fingerprint density at radius 3 is 2.75 bits per heavy atom. The average molecular weight is 238 g/mol. The molecule has 1 aromatic carbocycles. The molecule has 0 N–H and O–H groups in total.